The molecule has 2 aliphatic carbocycles. The number of hydrogen-bond acceptors (Lipinski definition) is 4. The summed E-state index contributed by atoms with van der Waals surface area (Å²) in [5, 5.41) is 3.36. The molecular weight excluding hydrogens is 360 g/mol. The highest BCUT2D eigenvalue weighted by atomic mass is 35.5. The van der Waals surface area contributed by atoms with E-state index in [1.54, 1.807) is 0 Å². The predicted octanol–water partition coefficient (Wildman–Crippen LogP) is 2.74. The summed E-state index contributed by atoms with van der Waals surface area (Å²) < 4.78 is 0. The molecule has 5 nitrogen and oxygen atoms in total. The quantitative estimate of drug-likeness (QED) is 0.826. The van der Waals surface area contributed by atoms with E-state index in [0.717, 1.165) is 45.3 Å². The fourth-order valence-corrected chi connectivity index (χ4v) is 5.31. The van der Waals surface area contributed by atoms with E-state index in [-0.39, 0.29) is 18.3 Å². The predicted molar refractivity (Wildman–Crippen MR) is 109 cm³/mol. The molecule has 2 heterocycles. The summed E-state index contributed by atoms with van der Waals surface area (Å²) in [7, 11) is 0. The van der Waals surface area contributed by atoms with E-state index in [9.17, 15) is 4.79 Å². The lowest BCUT2D eigenvalue weighted by Crippen LogP contribution is -2.51. The van der Waals surface area contributed by atoms with Crippen LogP contribution in [0.5, 0.6) is 0 Å². The molecule has 1 aromatic rings. The molecule has 1 aromatic heterocycles. The van der Waals surface area contributed by atoms with E-state index in [2.05, 4.69) is 21.3 Å². The molecule has 6 heteroatoms. The molecule has 1 amide bonds. The van der Waals surface area contributed by atoms with E-state index in [4.69, 9.17) is 5.73 Å². The van der Waals surface area contributed by atoms with Gasteiger partial charge in [-0.1, -0.05) is 12.5 Å². The second kappa shape index (κ2) is 9.35. The largest absolute Gasteiger partial charge is 0.353 e. The topological polar surface area (TPSA) is 71.2 Å². The second-order valence-corrected chi connectivity index (χ2v) is 8.62. The third kappa shape index (κ3) is 5.01. The summed E-state index contributed by atoms with van der Waals surface area (Å²) in [6.07, 6.45) is 11.6. The summed E-state index contributed by atoms with van der Waals surface area (Å²) >= 11 is 0. The van der Waals surface area contributed by atoms with Crippen LogP contribution in [0.2, 0.25) is 0 Å². The van der Waals surface area contributed by atoms with Gasteiger partial charge in [-0.3, -0.25) is 14.7 Å². The summed E-state index contributed by atoms with van der Waals surface area (Å²) in [6.45, 7) is 3.04. The standard InChI is InChI=1S/C21H32N4O.ClH/c22-20-16-4-1-5-17(20)12-18(11-16)21(26)24-19-6-9-25(10-7-19)14-15-3-2-8-23-13-15;/h2-3,8,13,16-20H,1,4-7,9-12,14,22H2,(H,24,26);1H. The Bertz CT molecular complexity index is 591. The molecule has 1 saturated heterocycles. The van der Waals surface area contributed by atoms with Crippen molar-refractivity contribution in [2.75, 3.05) is 13.1 Å². The zero-order chi connectivity index (χ0) is 17.9. The van der Waals surface area contributed by atoms with E-state index >= 15 is 0 Å². The molecule has 3 N–H and O–H groups in total. The van der Waals surface area contributed by atoms with Crippen LogP contribution in [0.4, 0.5) is 0 Å². The molecule has 2 bridgehead atoms. The Balaban J connectivity index is 0.00000210. The average Bonchev–Trinajstić information content (AvgIpc) is 2.64. The third-order valence-corrected chi connectivity index (χ3v) is 6.85. The Hall–Kier alpha value is -1.17. The zero-order valence-electron chi connectivity index (χ0n) is 16.1. The first-order valence-electron chi connectivity index (χ1n) is 10.4. The van der Waals surface area contributed by atoms with Crippen LogP contribution in [0.3, 0.4) is 0 Å². The monoisotopic (exact) mass is 392 g/mol. The van der Waals surface area contributed by atoms with Crippen molar-refractivity contribution in [2.45, 2.75) is 63.6 Å². The van der Waals surface area contributed by atoms with Crippen molar-refractivity contribution in [3.05, 3.63) is 30.1 Å². The first-order valence-corrected chi connectivity index (χ1v) is 10.4. The fraction of sp³-hybridized carbons (Fsp3) is 0.714. The van der Waals surface area contributed by atoms with Gasteiger partial charge in [0.25, 0.3) is 0 Å². The van der Waals surface area contributed by atoms with Crippen molar-refractivity contribution in [1.82, 2.24) is 15.2 Å². The number of aromatic nitrogens is 1. The van der Waals surface area contributed by atoms with Gasteiger partial charge >= 0.3 is 0 Å². The minimum atomic E-state index is 0. The van der Waals surface area contributed by atoms with Gasteiger partial charge in [0.1, 0.15) is 0 Å². The van der Waals surface area contributed by atoms with Crippen LogP contribution < -0.4 is 11.1 Å². The van der Waals surface area contributed by atoms with Crippen LogP contribution in [-0.2, 0) is 11.3 Å². The lowest BCUT2D eigenvalue weighted by Gasteiger charge is -2.44. The van der Waals surface area contributed by atoms with Gasteiger partial charge in [-0.25, -0.2) is 0 Å². The maximum absolute atomic E-state index is 12.8. The minimum absolute atomic E-state index is 0. The number of hydrogen-bond donors (Lipinski definition) is 2. The Kier molecular flexibility index (Phi) is 7.12. The number of nitrogens with two attached hydrogens (primary N) is 1. The number of nitrogens with zero attached hydrogens (tertiary/aromatic N) is 2. The van der Waals surface area contributed by atoms with E-state index < -0.39 is 0 Å². The lowest BCUT2D eigenvalue weighted by molar-refractivity contribution is -0.129. The number of rotatable bonds is 4. The molecule has 2 saturated carbocycles. The van der Waals surface area contributed by atoms with Gasteiger partial charge in [0.05, 0.1) is 0 Å². The van der Waals surface area contributed by atoms with Crippen molar-refractivity contribution in [3.63, 3.8) is 0 Å². The van der Waals surface area contributed by atoms with Gasteiger partial charge in [0.2, 0.25) is 5.91 Å². The molecule has 3 fully saturated rings. The van der Waals surface area contributed by atoms with Crippen molar-refractivity contribution in [1.29, 1.82) is 0 Å². The van der Waals surface area contributed by atoms with E-state index in [0.29, 0.717) is 29.8 Å². The Morgan fingerprint density at radius 1 is 1.19 bits per heavy atom. The summed E-state index contributed by atoms with van der Waals surface area (Å²) in [5.41, 5.74) is 7.63. The Morgan fingerprint density at radius 3 is 2.52 bits per heavy atom. The average molecular weight is 393 g/mol. The number of piperidine rings is 1. The first kappa shape index (κ1) is 20.6. The number of amides is 1. The van der Waals surface area contributed by atoms with Gasteiger partial charge in [-0.15, -0.1) is 12.4 Å². The highest BCUT2D eigenvalue weighted by Gasteiger charge is 2.40. The van der Waals surface area contributed by atoms with E-state index in [1.807, 2.05) is 18.5 Å². The van der Waals surface area contributed by atoms with E-state index in [1.165, 1.54) is 24.8 Å². The minimum Gasteiger partial charge on any atom is -0.353 e. The third-order valence-electron chi connectivity index (χ3n) is 6.85. The van der Waals surface area contributed by atoms with Crippen molar-refractivity contribution >= 4 is 18.3 Å². The molecular formula is C21H33ClN4O. The maximum atomic E-state index is 12.8. The molecule has 150 valence electrons. The maximum Gasteiger partial charge on any atom is 0.223 e. The second-order valence-electron chi connectivity index (χ2n) is 8.62. The number of pyridine rings is 1. The zero-order valence-corrected chi connectivity index (χ0v) is 16.9. The molecule has 2 unspecified atom stereocenters. The van der Waals surface area contributed by atoms with Gasteiger partial charge in [0, 0.05) is 50.0 Å². The molecule has 0 radical (unpaired) electrons. The highest BCUT2D eigenvalue weighted by Crippen LogP contribution is 2.42. The lowest BCUT2D eigenvalue weighted by atomic mass is 9.65. The molecule has 27 heavy (non-hydrogen) atoms. The van der Waals surface area contributed by atoms with Gasteiger partial charge in [-0.05, 0) is 62.0 Å². The summed E-state index contributed by atoms with van der Waals surface area (Å²) in [4.78, 5) is 19.5. The van der Waals surface area contributed by atoms with Crippen molar-refractivity contribution < 1.29 is 4.79 Å². The molecule has 1 aliphatic heterocycles. The smallest absolute Gasteiger partial charge is 0.223 e. The number of carbonyl (C=O) groups excluding carboxylic acids is 1. The number of nitrogens with one attached hydrogen (secondary N) is 1. The van der Waals surface area contributed by atoms with Crippen LogP contribution in [0.1, 0.15) is 50.5 Å². The molecule has 0 spiro atoms. The molecule has 4 rings (SSSR count). The van der Waals surface area contributed by atoms with Gasteiger partial charge < -0.3 is 11.1 Å². The van der Waals surface area contributed by atoms with Gasteiger partial charge in [-0.2, -0.15) is 0 Å². The SMILES string of the molecule is Cl.NC1C2CCCC1CC(C(=O)NC1CCN(Cc3cccnc3)CC1)C2. The number of likely N-dealkylation sites (tertiary alicyclic amines) is 1. The van der Waals surface area contributed by atoms with Crippen LogP contribution in [0.15, 0.2) is 24.5 Å². The number of fused-ring (bicyclic) bond motifs is 2. The summed E-state index contributed by atoms with van der Waals surface area (Å²) in [6, 6.07) is 4.80. The van der Waals surface area contributed by atoms with Crippen LogP contribution in [0.25, 0.3) is 0 Å². The number of carbonyl (C=O) groups is 1. The van der Waals surface area contributed by atoms with Crippen LogP contribution in [0, 0.1) is 17.8 Å². The molecule has 0 aromatic carbocycles. The van der Waals surface area contributed by atoms with Crippen molar-refractivity contribution in [3.8, 4) is 0 Å². The molecule has 3 aliphatic rings. The molecule has 2 atom stereocenters. The Morgan fingerprint density at radius 2 is 1.89 bits per heavy atom. The van der Waals surface area contributed by atoms with Crippen LogP contribution in [-0.4, -0.2) is 41.0 Å². The van der Waals surface area contributed by atoms with Crippen LogP contribution >= 0.6 is 12.4 Å². The van der Waals surface area contributed by atoms with Gasteiger partial charge in [0.15, 0.2) is 0 Å². The Labute approximate surface area is 168 Å². The fourth-order valence-electron chi connectivity index (χ4n) is 5.31. The summed E-state index contributed by atoms with van der Waals surface area (Å²) in [5.74, 6) is 1.62. The van der Waals surface area contributed by atoms with Crippen molar-refractivity contribution in [2.24, 2.45) is 23.5 Å². The normalized spacial score (nSPS) is 31.7. The highest BCUT2D eigenvalue weighted by molar-refractivity contribution is 5.85. The number of halogens is 1. The first-order chi connectivity index (χ1) is 12.7.